The van der Waals surface area contributed by atoms with Gasteiger partial charge >= 0.3 is 5.97 Å². The van der Waals surface area contributed by atoms with Crippen LogP contribution in [0.2, 0.25) is 0 Å². The summed E-state index contributed by atoms with van der Waals surface area (Å²) in [6, 6.07) is 0. The molecule has 0 aliphatic rings. The van der Waals surface area contributed by atoms with Crippen LogP contribution in [-0.4, -0.2) is 22.8 Å². The lowest BCUT2D eigenvalue weighted by Gasteiger charge is -2.28. The van der Waals surface area contributed by atoms with Gasteiger partial charge in [-0.15, -0.1) is 0 Å². The molecule has 0 saturated carbocycles. The molecule has 0 aliphatic carbocycles. The van der Waals surface area contributed by atoms with Crippen LogP contribution in [0, 0.1) is 5.92 Å². The molecular weight excluding hydrogens is 180 g/mol. The van der Waals surface area contributed by atoms with Gasteiger partial charge in [0.05, 0.1) is 6.10 Å². The Balaban J connectivity index is 4.32. The van der Waals surface area contributed by atoms with Gasteiger partial charge in [0.2, 0.25) is 0 Å². The maximum Gasteiger partial charge on any atom is 0.335 e. The Bertz CT molecular complexity index is 187. The fourth-order valence-corrected chi connectivity index (χ4v) is 1.30. The highest BCUT2D eigenvalue weighted by molar-refractivity contribution is 5.76. The highest BCUT2D eigenvalue weighted by Crippen LogP contribution is 2.22. The number of rotatable bonds is 6. The van der Waals surface area contributed by atoms with Crippen molar-refractivity contribution in [3.63, 3.8) is 0 Å². The summed E-state index contributed by atoms with van der Waals surface area (Å²) >= 11 is 0. The minimum atomic E-state index is -1.03. The average Bonchev–Trinajstić information content (AvgIpc) is 1.99. The zero-order valence-electron chi connectivity index (χ0n) is 9.83. The van der Waals surface area contributed by atoms with Crippen molar-refractivity contribution in [1.29, 1.82) is 0 Å². The standard InChI is InChI=1S/C11H22O3/c1-8(2)6-7-11(5,10(12)13)14-9(3)4/h8-9H,6-7H2,1-5H3,(H,12,13). The van der Waals surface area contributed by atoms with Crippen LogP contribution in [0.3, 0.4) is 0 Å². The summed E-state index contributed by atoms with van der Waals surface area (Å²) in [5, 5.41) is 9.07. The molecule has 0 aromatic rings. The van der Waals surface area contributed by atoms with Crippen LogP contribution in [0.25, 0.3) is 0 Å². The van der Waals surface area contributed by atoms with Crippen LogP contribution >= 0.6 is 0 Å². The van der Waals surface area contributed by atoms with Crippen molar-refractivity contribution >= 4 is 5.97 Å². The van der Waals surface area contributed by atoms with Crippen molar-refractivity contribution in [2.45, 2.75) is 59.2 Å². The predicted octanol–water partition coefficient (Wildman–Crippen LogP) is 2.69. The number of carboxylic acids is 1. The summed E-state index contributed by atoms with van der Waals surface area (Å²) in [7, 11) is 0. The molecule has 0 aliphatic heterocycles. The van der Waals surface area contributed by atoms with E-state index in [4.69, 9.17) is 9.84 Å². The molecule has 0 aromatic heterocycles. The van der Waals surface area contributed by atoms with E-state index in [9.17, 15) is 4.79 Å². The van der Waals surface area contributed by atoms with Crippen molar-refractivity contribution in [2.75, 3.05) is 0 Å². The minimum absolute atomic E-state index is 0.0525. The van der Waals surface area contributed by atoms with E-state index in [0.29, 0.717) is 12.3 Å². The molecule has 1 N–H and O–H groups in total. The molecule has 0 heterocycles. The number of hydrogen-bond donors (Lipinski definition) is 1. The fraction of sp³-hybridized carbons (Fsp3) is 0.909. The van der Waals surface area contributed by atoms with E-state index in [2.05, 4.69) is 13.8 Å². The number of hydrogen-bond acceptors (Lipinski definition) is 2. The van der Waals surface area contributed by atoms with E-state index < -0.39 is 11.6 Å². The molecule has 0 rings (SSSR count). The molecule has 0 bridgehead atoms. The van der Waals surface area contributed by atoms with E-state index in [1.165, 1.54) is 0 Å². The lowest BCUT2D eigenvalue weighted by atomic mass is 9.95. The summed E-state index contributed by atoms with van der Waals surface area (Å²) < 4.78 is 5.45. The van der Waals surface area contributed by atoms with Crippen LogP contribution in [0.15, 0.2) is 0 Å². The first kappa shape index (κ1) is 13.4. The highest BCUT2D eigenvalue weighted by Gasteiger charge is 2.34. The zero-order chi connectivity index (χ0) is 11.4. The molecule has 84 valence electrons. The quantitative estimate of drug-likeness (QED) is 0.720. The molecule has 1 atom stereocenters. The summed E-state index contributed by atoms with van der Waals surface area (Å²) in [5.41, 5.74) is -1.03. The van der Waals surface area contributed by atoms with Gasteiger partial charge in [0.15, 0.2) is 5.60 Å². The first-order valence-corrected chi connectivity index (χ1v) is 5.19. The van der Waals surface area contributed by atoms with E-state index in [0.717, 1.165) is 6.42 Å². The molecule has 14 heavy (non-hydrogen) atoms. The second-order valence-corrected chi connectivity index (χ2v) is 4.64. The third-order valence-electron chi connectivity index (χ3n) is 2.15. The number of aliphatic carboxylic acids is 1. The number of carbonyl (C=O) groups is 1. The molecule has 0 amide bonds. The normalized spacial score (nSPS) is 15.9. The van der Waals surface area contributed by atoms with Crippen LogP contribution in [0.4, 0.5) is 0 Å². The van der Waals surface area contributed by atoms with Gasteiger partial charge in [-0.3, -0.25) is 0 Å². The predicted molar refractivity (Wildman–Crippen MR) is 56.3 cm³/mol. The fourth-order valence-electron chi connectivity index (χ4n) is 1.30. The molecule has 0 spiro atoms. The minimum Gasteiger partial charge on any atom is -0.479 e. The molecule has 1 unspecified atom stereocenters. The van der Waals surface area contributed by atoms with Gasteiger partial charge in [0.1, 0.15) is 0 Å². The van der Waals surface area contributed by atoms with E-state index in [-0.39, 0.29) is 6.10 Å². The van der Waals surface area contributed by atoms with E-state index >= 15 is 0 Å². The number of ether oxygens (including phenoxy) is 1. The largest absolute Gasteiger partial charge is 0.479 e. The second-order valence-electron chi connectivity index (χ2n) is 4.64. The molecule has 0 radical (unpaired) electrons. The van der Waals surface area contributed by atoms with Crippen LogP contribution in [0.5, 0.6) is 0 Å². The summed E-state index contributed by atoms with van der Waals surface area (Å²) in [5.74, 6) is -0.365. The van der Waals surface area contributed by atoms with Gasteiger partial charge in [-0.25, -0.2) is 4.79 Å². The Labute approximate surface area is 86.5 Å². The lowest BCUT2D eigenvalue weighted by Crippen LogP contribution is -2.40. The molecule has 0 saturated heterocycles. The first-order chi connectivity index (χ1) is 6.28. The van der Waals surface area contributed by atoms with Gasteiger partial charge in [0, 0.05) is 0 Å². The van der Waals surface area contributed by atoms with E-state index in [1.54, 1.807) is 6.92 Å². The van der Waals surface area contributed by atoms with Gasteiger partial charge in [-0.2, -0.15) is 0 Å². The maximum atomic E-state index is 11.0. The van der Waals surface area contributed by atoms with Crippen LogP contribution < -0.4 is 0 Å². The lowest BCUT2D eigenvalue weighted by molar-refractivity contribution is -0.170. The molecule has 3 heteroatoms. The average molecular weight is 202 g/mol. The van der Waals surface area contributed by atoms with Crippen molar-refractivity contribution in [1.82, 2.24) is 0 Å². The van der Waals surface area contributed by atoms with Gasteiger partial charge in [0.25, 0.3) is 0 Å². The van der Waals surface area contributed by atoms with Gasteiger partial charge in [-0.1, -0.05) is 13.8 Å². The summed E-state index contributed by atoms with van der Waals surface area (Å²) in [6.45, 7) is 9.53. The zero-order valence-corrected chi connectivity index (χ0v) is 9.83. The Morgan fingerprint density at radius 1 is 1.36 bits per heavy atom. The maximum absolute atomic E-state index is 11.0. The van der Waals surface area contributed by atoms with Crippen molar-refractivity contribution in [3.05, 3.63) is 0 Å². The summed E-state index contributed by atoms with van der Waals surface area (Å²) in [4.78, 5) is 11.0. The molecular formula is C11H22O3. The smallest absolute Gasteiger partial charge is 0.335 e. The van der Waals surface area contributed by atoms with Crippen LogP contribution in [0.1, 0.15) is 47.5 Å². The van der Waals surface area contributed by atoms with E-state index in [1.807, 2.05) is 13.8 Å². The third kappa shape index (κ3) is 4.61. The second kappa shape index (κ2) is 5.35. The van der Waals surface area contributed by atoms with Crippen molar-refractivity contribution in [3.8, 4) is 0 Å². The third-order valence-corrected chi connectivity index (χ3v) is 2.15. The highest BCUT2D eigenvalue weighted by atomic mass is 16.5. The topological polar surface area (TPSA) is 46.5 Å². The van der Waals surface area contributed by atoms with Crippen molar-refractivity contribution in [2.24, 2.45) is 5.92 Å². The van der Waals surface area contributed by atoms with Gasteiger partial charge in [-0.05, 0) is 39.5 Å². The summed E-state index contributed by atoms with van der Waals surface area (Å²) in [6.07, 6.45) is 1.39. The van der Waals surface area contributed by atoms with Gasteiger partial charge < -0.3 is 9.84 Å². The SMILES string of the molecule is CC(C)CCC(C)(OC(C)C)C(=O)O. The monoisotopic (exact) mass is 202 g/mol. The Hall–Kier alpha value is -0.570. The van der Waals surface area contributed by atoms with Crippen molar-refractivity contribution < 1.29 is 14.6 Å². The molecule has 0 aromatic carbocycles. The first-order valence-electron chi connectivity index (χ1n) is 5.19. The Morgan fingerprint density at radius 3 is 2.14 bits per heavy atom. The Morgan fingerprint density at radius 2 is 1.86 bits per heavy atom. The number of carboxylic acid groups (broad SMARTS) is 1. The van der Waals surface area contributed by atoms with Crippen LogP contribution in [-0.2, 0) is 9.53 Å². The Kier molecular flexibility index (Phi) is 5.13. The molecule has 0 fully saturated rings. The molecule has 3 nitrogen and oxygen atoms in total.